The third-order valence-corrected chi connectivity index (χ3v) is 13.3. The van der Waals surface area contributed by atoms with Gasteiger partial charge in [0.15, 0.2) is 0 Å². The molecule has 0 aliphatic carbocycles. The average Bonchev–Trinajstić information content (AvgIpc) is 3.83. The van der Waals surface area contributed by atoms with Crippen LogP contribution in [0.4, 0.5) is 17.1 Å². The molecule has 0 radical (unpaired) electrons. The van der Waals surface area contributed by atoms with Gasteiger partial charge in [-0.3, -0.25) is 0 Å². The van der Waals surface area contributed by atoms with E-state index in [1.165, 1.54) is 90.2 Å². The van der Waals surface area contributed by atoms with Gasteiger partial charge in [0.2, 0.25) is 0 Å². The molecule has 0 saturated heterocycles. The molecule has 9 aromatic carbocycles. The van der Waals surface area contributed by atoms with E-state index in [0.717, 1.165) is 11.4 Å². The minimum Gasteiger partial charge on any atom is -0.309 e. The molecule has 0 atom stereocenters. The summed E-state index contributed by atoms with van der Waals surface area (Å²) in [5, 5.41) is 7.75. The third kappa shape index (κ3) is 5.43. The van der Waals surface area contributed by atoms with Gasteiger partial charge in [0, 0.05) is 47.0 Å². The highest BCUT2D eigenvalue weighted by molar-refractivity contribution is 7.27. The Morgan fingerprint density at radius 1 is 0.309 bits per heavy atom. The lowest BCUT2D eigenvalue weighted by molar-refractivity contribution is 1.30. The molecule has 0 fully saturated rings. The lowest BCUT2D eigenvalue weighted by atomic mass is 9.98. The molecule has 0 aliphatic heterocycles. The van der Waals surface area contributed by atoms with Crippen molar-refractivity contribution in [2.45, 2.75) is 0 Å². The Balaban J connectivity index is 1.06. The highest BCUT2D eigenvalue weighted by Gasteiger charge is 2.20. The molecule has 3 heteroatoms. The van der Waals surface area contributed by atoms with Crippen molar-refractivity contribution >= 4 is 90.9 Å². The Bertz CT molecular complexity index is 3180. The van der Waals surface area contributed by atoms with Gasteiger partial charge in [-0.15, -0.1) is 22.7 Å². The summed E-state index contributed by atoms with van der Waals surface area (Å²) in [7, 11) is 0. The molecule has 0 bridgehead atoms. The Morgan fingerprint density at radius 2 is 0.873 bits per heavy atom. The van der Waals surface area contributed by atoms with E-state index in [1.54, 1.807) is 0 Å². The Hall–Kier alpha value is -6.52. The topological polar surface area (TPSA) is 3.24 Å². The number of benzene rings is 9. The number of hydrogen-bond donors (Lipinski definition) is 0. The summed E-state index contributed by atoms with van der Waals surface area (Å²) in [4.78, 5) is 2.44. The number of rotatable bonds is 6. The van der Waals surface area contributed by atoms with Crippen molar-refractivity contribution in [3.63, 3.8) is 0 Å². The van der Waals surface area contributed by atoms with Crippen LogP contribution in [0.3, 0.4) is 0 Å². The second-order valence-electron chi connectivity index (χ2n) is 14.1. The molecule has 1 nitrogen and oxygen atoms in total. The van der Waals surface area contributed by atoms with Gasteiger partial charge in [-0.2, -0.15) is 0 Å². The number of hydrogen-bond acceptors (Lipinski definition) is 3. The summed E-state index contributed by atoms with van der Waals surface area (Å²) in [6.45, 7) is 0. The van der Waals surface area contributed by atoms with Gasteiger partial charge >= 0.3 is 0 Å². The predicted molar refractivity (Wildman–Crippen MR) is 241 cm³/mol. The summed E-state index contributed by atoms with van der Waals surface area (Å²) < 4.78 is 5.24. The van der Waals surface area contributed by atoms with Crippen molar-refractivity contribution in [3.05, 3.63) is 200 Å². The van der Waals surface area contributed by atoms with Crippen molar-refractivity contribution in [2.24, 2.45) is 0 Å². The largest absolute Gasteiger partial charge is 0.309 e. The zero-order valence-corrected chi connectivity index (χ0v) is 31.4. The molecule has 11 rings (SSSR count). The maximum atomic E-state index is 2.44. The van der Waals surface area contributed by atoms with Gasteiger partial charge < -0.3 is 4.90 Å². The fraction of sp³-hybridized carbons (Fsp3) is 0. The van der Waals surface area contributed by atoms with Crippen molar-refractivity contribution in [1.29, 1.82) is 0 Å². The number of anilines is 3. The highest BCUT2D eigenvalue weighted by atomic mass is 32.1. The second-order valence-corrected chi connectivity index (χ2v) is 16.2. The van der Waals surface area contributed by atoms with Crippen molar-refractivity contribution < 1.29 is 0 Å². The molecule has 0 spiro atoms. The normalized spacial score (nSPS) is 11.6. The van der Waals surface area contributed by atoms with Gasteiger partial charge in [-0.25, -0.2) is 0 Å². The summed E-state index contributed by atoms with van der Waals surface area (Å²) in [6, 6.07) is 73.3. The Labute approximate surface area is 327 Å². The Kier molecular flexibility index (Phi) is 7.61. The zero-order valence-electron chi connectivity index (χ0n) is 29.8. The van der Waals surface area contributed by atoms with E-state index in [1.807, 2.05) is 22.7 Å². The molecule has 0 unspecified atom stereocenters. The van der Waals surface area contributed by atoms with Gasteiger partial charge in [-0.05, 0) is 86.6 Å². The number of thiophene rings is 2. The second kappa shape index (κ2) is 13.1. The third-order valence-electron chi connectivity index (χ3n) is 10.9. The minimum atomic E-state index is 1.12. The van der Waals surface area contributed by atoms with E-state index < -0.39 is 0 Å². The fourth-order valence-electron chi connectivity index (χ4n) is 8.23. The van der Waals surface area contributed by atoms with Crippen LogP contribution in [0, 0.1) is 0 Å². The van der Waals surface area contributed by atoms with Crippen molar-refractivity contribution in [2.75, 3.05) is 4.90 Å². The first-order valence-corrected chi connectivity index (χ1v) is 20.3. The van der Waals surface area contributed by atoms with Crippen LogP contribution in [0.2, 0.25) is 0 Å². The quantitative estimate of drug-likeness (QED) is 0.164. The summed E-state index contributed by atoms with van der Waals surface area (Å²) in [5.41, 5.74) is 10.8. The number of fused-ring (bicyclic) bond motifs is 7. The molecule has 0 N–H and O–H groups in total. The van der Waals surface area contributed by atoms with Crippen LogP contribution in [0.25, 0.3) is 84.5 Å². The lowest BCUT2D eigenvalue weighted by Crippen LogP contribution is -2.10. The van der Waals surface area contributed by atoms with Crippen LogP contribution in [0.15, 0.2) is 200 Å². The van der Waals surface area contributed by atoms with Crippen molar-refractivity contribution in [1.82, 2.24) is 0 Å². The minimum absolute atomic E-state index is 1.12. The highest BCUT2D eigenvalue weighted by Crippen LogP contribution is 2.47. The first kappa shape index (κ1) is 32.0. The van der Waals surface area contributed by atoms with Crippen LogP contribution in [-0.4, -0.2) is 0 Å². The summed E-state index contributed by atoms with van der Waals surface area (Å²) in [5.74, 6) is 0. The van der Waals surface area contributed by atoms with Gasteiger partial charge in [0.1, 0.15) is 0 Å². The molecule has 0 aliphatic rings. The summed E-state index contributed by atoms with van der Waals surface area (Å²) in [6.07, 6.45) is 0. The molecular weight excluding hydrogens is 703 g/mol. The average molecular weight is 736 g/mol. The van der Waals surface area contributed by atoms with E-state index >= 15 is 0 Å². The van der Waals surface area contributed by atoms with Gasteiger partial charge in [-0.1, -0.05) is 158 Å². The van der Waals surface area contributed by atoms with E-state index in [0.29, 0.717) is 0 Å². The standard InChI is InChI=1S/C52H33NS2/c1-2-11-36(12-3-1)43-18-9-19-46-47-20-10-21-48(52(47)55-51(43)46)53(40-30-25-37(26-31-40)42-17-8-14-35-13-4-5-15-41(35)42)39-28-23-34(24-29-39)38-27-32-45-44-16-6-7-22-49(44)54-50(45)33-38/h1-33H. The predicted octanol–water partition coefficient (Wildman–Crippen LogP) is 16.0. The van der Waals surface area contributed by atoms with Crippen molar-refractivity contribution in [3.8, 4) is 33.4 Å². The van der Waals surface area contributed by atoms with Gasteiger partial charge in [0.05, 0.1) is 10.4 Å². The fourth-order valence-corrected chi connectivity index (χ4v) is 10.7. The van der Waals surface area contributed by atoms with Crippen LogP contribution < -0.4 is 4.90 Å². The Morgan fingerprint density at radius 3 is 1.69 bits per heavy atom. The van der Waals surface area contributed by atoms with E-state index in [-0.39, 0.29) is 0 Å². The smallest absolute Gasteiger partial charge is 0.0640 e. The van der Waals surface area contributed by atoms with Crippen LogP contribution in [0.1, 0.15) is 0 Å². The maximum Gasteiger partial charge on any atom is 0.0640 e. The summed E-state index contributed by atoms with van der Waals surface area (Å²) >= 11 is 3.76. The molecule has 0 amide bonds. The molecule has 11 aromatic rings. The first-order valence-electron chi connectivity index (χ1n) is 18.7. The molecule has 55 heavy (non-hydrogen) atoms. The van der Waals surface area contributed by atoms with Crippen LogP contribution >= 0.6 is 22.7 Å². The van der Waals surface area contributed by atoms with Gasteiger partial charge in [0.25, 0.3) is 0 Å². The molecular formula is C52H33NS2. The number of nitrogens with zero attached hydrogens (tertiary/aromatic N) is 1. The first-order chi connectivity index (χ1) is 27.3. The molecule has 0 saturated carbocycles. The SMILES string of the molecule is c1ccc(-c2cccc3c2sc2c(N(c4ccc(-c5ccc6c(c5)sc5ccccc56)cc4)c4ccc(-c5cccc6ccccc56)cc4)cccc23)cc1. The van der Waals surface area contributed by atoms with E-state index in [4.69, 9.17) is 0 Å². The maximum absolute atomic E-state index is 2.44. The van der Waals surface area contributed by atoms with Crippen LogP contribution in [0.5, 0.6) is 0 Å². The van der Waals surface area contributed by atoms with Crippen LogP contribution in [-0.2, 0) is 0 Å². The van der Waals surface area contributed by atoms with E-state index in [2.05, 4.69) is 205 Å². The molecule has 2 heterocycles. The zero-order chi connectivity index (χ0) is 36.3. The lowest BCUT2D eigenvalue weighted by Gasteiger charge is -2.26. The monoisotopic (exact) mass is 735 g/mol. The molecule has 2 aromatic heterocycles. The molecule has 258 valence electrons. The van der Waals surface area contributed by atoms with E-state index in [9.17, 15) is 0 Å².